The fourth-order valence-corrected chi connectivity index (χ4v) is 7.21. The maximum absolute atomic E-state index is 12.7. The van der Waals surface area contributed by atoms with Crippen molar-refractivity contribution in [2.75, 3.05) is 6.61 Å². The molecule has 1 N–H and O–H groups in total. The smallest absolute Gasteiger partial charge is 0.312 e. The van der Waals surface area contributed by atoms with E-state index in [0.717, 1.165) is 25.7 Å². The summed E-state index contributed by atoms with van der Waals surface area (Å²) in [6.07, 6.45) is 7.26. The minimum atomic E-state index is -0.735. The first-order valence-corrected chi connectivity index (χ1v) is 9.66. The third kappa shape index (κ3) is 1.65. The van der Waals surface area contributed by atoms with Crippen LogP contribution in [0.3, 0.4) is 0 Å². The molecule has 2 spiro atoms. The molecule has 5 aliphatic rings. The van der Waals surface area contributed by atoms with E-state index in [2.05, 4.69) is 20.8 Å². The Morgan fingerprint density at radius 3 is 2.80 bits per heavy atom. The molecule has 5 heteroatoms. The number of aliphatic hydroxyl groups is 1. The van der Waals surface area contributed by atoms with Crippen LogP contribution in [0.1, 0.15) is 52.9 Å². The zero-order chi connectivity index (χ0) is 17.7. The monoisotopic (exact) mass is 348 g/mol. The van der Waals surface area contributed by atoms with Crippen LogP contribution in [0.25, 0.3) is 0 Å². The molecule has 0 amide bonds. The van der Waals surface area contributed by atoms with E-state index in [9.17, 15) is 9.90 Å². The molecule has 2 saturated heterocycles. The summed E-state index contributed by atoms with van der Waals surface area (Å²) in [6.45, 7) is 6.94. The van der Waals surface area contributed by atoms with Gasteiger partial charge in [-0.05, 0) is 38.2 Å². The number of hydrogen-bond acceptors (Lipinski definition) is 5. The number of fused-ring (bicyclic) bond motifs is 1. The van der Waals surface area contributed by atoms with Crippen LogP contribution >= 0.6 is 0 Å². The molecule has 0 aromatic heterocycles. The van der Waals surface area contributed by atoms with Crippen LogP contribution < -0.4 is 0 Å². The molecule has 2 aliphatic carbocycles. The average Bonchev–Trinajstić information content (AvgIpc) is 3.19. The number of carbonyl (C=O) groups is 1. The summed E-state index contributed by atoms with van der Waals surface area (Å²) in [5.74, 6) is 0.344. The molecular weight excluding hydrogens is 320 g/mol. The third-order valence-corrected chi connectivity index (χ3v) is 8.40. The SMILES string of the molecule is C[C@@H]1C[C@H]2OC(=O)[C@@]3(C)CCC[C@@](C)([C@@H]23)[C@@]12C[C@@H](O)[C@]1(C=COC1)O2. The van der Waals surface area contributed by atoms with Crippen LogP contribution in [0.15, 0.2) is 12.3 Å². The molecule has 3 heterocycles. The predicted molar refractivity (Wildman–Crippen MR) is 89.5 cm³/mol. The minimum absolute atomic E-state index is 0.0175. The number of rotatable bonds is 0. The number of carbonyl (C=O) groups excluding carboxylic acids is 1. The minimum Gasteiger partial charge on any atom is -0.498 e. The van der Waals surface area contributed by atoms with Crippen molar-refractivity contribution in [1.82, 2.24) is 0 Å². The largest absolute Gasteiger partial charge is 0.498 e. The van der Waals surface area contributed by atoms with Crippen LogP contribution in [0.4, 0.5) is 0 Å². The number of hydrogen-bond donors (Lipinski definition) is 1. The Kier molecular flexibility index (Phi) is 2.97. The van der Waals surface area contributed by atoms with Gasteiger partial charge in [0.15, 0.2) is 0 Å². The highest BCUT2D eigenvalue weighted by atomic mass is 16.6. The molecule has 0 bridgehead atoms. The molecule has 0 radical (unpaired) electrons. The van der Waals surface area contributed by atoms with Crippen molar-refractivity contribution in [2.24, 2.45) is 22.7 Å². The molecule has 8 atom stereocenters. The van der Waals surface area contributed by atoms with Gasteiger partial charge in [-0.2, -0.15) is 0 Å². The Morgan fingerprint density at radius 2 is 2.08 bits per heavy atom. The molecule has 0 aromatic rings. The maximum atomic E-state index is 12.7. The molecule has 2 saturated carbocycles. The first-order valence-electron chi connectivity index (χ1n) is 9.66. The van der Waals surface area contributed by atoms with E-state index >= 15 is 0 Å². The van der Waals surface area contributed by atoms with Crippen molar-refractivity contribution in [3.63, 3.8) is 0 Å². The van der Waals surface area contributed by atoms with Gasteiger partial charge >= 0.3 is 5.97 Å². The van der Waals surface area contributed by atoms with E-state index < -0.39 is 22.7 Å². The quantitative estimate of drug-likeness (QED) is 0.682. The third-order valence-electron chi connectivity index (χ3n) is 8.40. The first kappa shape index (κ1) is 16.1. The second kappa shape index (κ2) is 4.61. The number of esters is 1. The van der Waals surface area contributed by atoms with E-state index in [0.29, 0.717) is 13.0 Å². The highest BCUT2D eigenvalue weighted by Crippen LogP contribution is 2.70. The Morgan fingerprint density at radius 1 is 1.28 bits per heavy atom. The van der Waals surface area contributed by atoms with Gasteiger partial charge in [-0.1, -0.05) is 20.3 Å². The number of ether oxygens (including phenoxy) is 3. The topological polar surface area (TPSA) is 65.0 Å². The predicted octanol–water partition coefficient (Wildman–Crippen LogP) is 2.57. The van der Waals surface area contributed by atoms with Crippen LogP contribution in [0.5, 0.6) is 0 Å². The molecule has 0 unspecified atom stereocenters. The lowest BCUT2D eigenvalue weighted by Gasteiger charge is -2.61. The molecule has 5 rings (SSSR count). The van der Waals surface area contributed by atoms with Crippen LogP contribution in [-0.2, 0) is 19.0 Å². The summed E-state index contributed by atoms with van der Waals surface area (Å²) in [4.78, 5) is 12.7. The summed E-state index contributed by atoms with van der Waals surface area (Å²) in [5.41, 5.74) is -1.78. The summed E-state index contributed by atoms with van der Waals surface area (Å²) in [6, 6.07) is 0. The molecule has 4 fully saturated rings. The van der Waals surface area contributed by atoms with E-state index in [1.54, 1.807) is 6.26 Å². The summed E-state index contributed by atoms with van der Waals surface area (Å²) in [5, 5.41) is 10.9. The van der Waals surface area contributed by atoms with Gasteiger partial charge in [0.05, 0.1) is 23.4 Å². The molecule has 138 valence electrons. The Labute approximate surface area is 148 Å². The van der Waals surface area contributed by atoms with Crippen molar-refractivity contribution in [1.29, 1.82) is 0 Å². The van der Waals surface area contributed by atoms with E-state index in [1.165, 1.54) is 0 Å². The van der Waals surface area contributed by atoms with Gasteiger partial charge < -0.3 is 19.3 Å². The summed E-state index contributed by atoms with van der Waals surface area (Å²) >= 11 is 0. The lowest BCUT2D eigenvalue weighted by molar-refractivity contribution is -0.247. The van der Waals surface area contributed by atoms with Crippen molar-refractivity contribution < 1.29 is 24.1 Å². The first-order chi connectivity index (χ1) is 11.8. The van der Waals surface area contributed by atoms with Crippen molar-refractivity contribution in [3.05, 3.63) is 12.3 Å². The summed E-state index contributed by atoms with van der Waals surface area (Å²) < 4.78 is 18.1. The molecule has 25 heavy (non-hydrogen) atoms. The molecule has 5 nitrogen and oxygen atoms in total. The van der Waals surface area contributed by atoms with Crippen LogP contribution in [0, 0.1) is 22.7 Å². The van der Waals surface area contributed by atoms with Gasteiger partial charge in [-0.3, -0.25) is 4.79 Å². The fraction of sp³-hybridized carbons (Fsp3) is 0.850. The van der Waals surface area contributed by atoms with E-state index in [1.807, 2.05) is 6.08 Å². The normalized spacial score (nSPS) is 59.3. The molecular formula is C20H28O5. The Bertz CT molecular complexity index is 660. The number of aliphatic hydroxyl groups excluding tert-OH is 1. The van der Waals surface area contributed by atoms with Gasteiger partial charge in [0.1, 0.15) is 18.3 Å². The van der Waals surface area contributed by atoms with Gasteiger partial charge in [0.25, 0.3) is 0 Å². The standard InChI is InChI=1S/C20H28O5/c1-12-9-13-15-17(2,16(22)24-13)5-4-6-18(15,3)20(12)10-14(21)19(25-20)7-8-23-11-19/h7-8,12-15,21H,4-6,9-11H2,1-3H3/t12-,13-,14-,15+,17+,18+,19-,20-/m1/s1. The lowest BCUT2D eigenvalue weighted by atomic mass is 9.44. The zero-order valence-electron chi connectivity index (χ0n) is 15.3. The fourth-order valence-electron chi connectivity index (χ4n) is 7.21. The average molecular weight is 348 g/mol. The zero-order valence-corrected chi connectivity index (χ0v) is 15.3. The van der Waals surface area contributed by atoms with Gasteiger partial charge in [0, 0.05) is 17.8 Å². The highest BCUT2D eigenvalue weighted by molar-refractivity contribution is 5.80. The highest BCUT2D eigenvalue weighted by Gasteiger charge is 2.75. The van der Waals surface area contributed by atoms with Crippen molar-refractivity contribution in [2.45, 2.75) is 76.3 Å². The van der Waals surface area contributed by atoms with Gasteiger partial charge in [0.2, 0.25) is 0 Å². The second-order valence-electron chi connectivity index (χ2n) is 9.53. The Balaban J connectivity index is 1.64. The van der Waals surface area contributed by atoms with Gasteiger partial charge in [-0.25, -0.2) is 0 Å². The summed E-state index contributed by atoms with van der Waals surface area (Å²) in [7, 11) is 0. The van der Waals surface area contributed by atoms with E-state index in [4.69, 9.17) is 14.2 Å². The lowest BCUT2D eigenvalue weighted by Crippen LogP contribution is -2.65. The molecule has 0 aromatic carbocycles. The van der Waals surface area contributed by atoms with Crippen molar-refractivity contribution >= 4 is 5.97 Å². The Hall–Kier alpha value is -1.07. The van der Waals surface area contributed by atoms with Crippen molar-refractivity contribution in [3.8, 4) is 0 Å². The molecule has 3 aliphatic heterocycles. The van der Waals surface area contributed by atoms with E-state index in [-0.39, 0.29) is 29.3 Å². The second-order valence-corrected chi connectivity index (χ2v) is 9.53. The van der Waals surface area contributed by atoms with Crippen LogP contribution in [0.2, 0.25) is 0 Å². The maximum Gasteiger partial charge on any atom is 0.312 e. The van der Waals surface area contributed by atoms with Gasteiger partial charge in [-0.15, -0.1) is 0 Å². The van der Waals surface area contributed by atoms with Crippen LogP contribution in [-0.4, -0.2) is 41.1 Å².